The Kier molecular flexibility index (Phi) is 6.92. The van der Waals surface area contributed by atoms with E-state index in [4.69, 9.17) is 9.47 Å². The van der Waals surface area contributed by atoms with E-state index in [1.807, 2.05) is 11.8 Å². The fraction of sp³-hybridized carbons (Fsp3) is 0.933. The fourth-order valence-corrected chi connectivity index (χ4v) is 2.96. The lowest BCUT2D eigenvalue weighted by Crippen LogP contribution is -2.53. The molecule has 2 atom stereocenters. The van der Waals surface area contributed by atoms with Gasteiger partial charge in [0.05, 0.1) is 24.7 Å². The van der Waals surface area contributed by atoms with Gasteiger partial charge in [-0.3, -0.25) is 4.79 Å². The Hall–Kier alpha value is -0.650. The number of nitrogens with zero attached hydrogens (tertiary/aromatic N) is 1. The van der Waals surface area contributed by atoms with Gasteiger partial charge < -0.3 is 19.7 Å². The van der Waals surface area contributed by atoms with Crippen LogP contribution in [0.5, 0.6) is 0 Å². The van der Waals surface area contributed by atoms with Gasteiger partial charge >= 0.3 is 0 Å². The first kappa shape index (κ1) is 17.4. The molecule has 0 aliphatic carbocycles. The van der Waals surface area contributed by atoms with E-state index in [0.717, 1.165) is 19.5 Å². The van der Waals surface area contributed by atoms with Crippen molar-refractivity contribution in [3.05, 3.63) is 0 Å². The average molecular weight is 286 g/mol. The topological polar surface area (TPSA) is 50.8 Å². The van der Waals surface area contributed by atoms with Gasteiger partial charge in [-0.2, -0.15) is 0 Å². The van der Waals surface area contributed by atoms with Crippen LogP contribution in [-0.2, 0) is 14.3 Å². The fourth-order valence-electron chi connectivity index (χ4n) is 2.96. The molecule has 1 saturated heterocycles. The van der Waals surface area contributed by atoms with Crippen LogP contribution in [0.1, 0.15) is 27.2 Å². The van der Waals surface area contributed by atoms with E-state index in [1.165, 1.54) is 0 Å². The van der Waals surface area contributed by atoms with Crippen LogP contribution in [0.4, 0.5) is 0 Å². The Morgan fingerprint density at radius 1 is 1.30 bits per heavy atom. The predicted octanol–water partition coefficient (Wildman–Crippen LogP) is 1.13. The second-order valence-corrected chi connectivity index (χ2v) is 6.03. The van der Waals surface area contributed by atoms with Crippen LogP contribution in [0.3, 0.4) is 0 Å². The van der Waals surface area contributed by atoms with Crippen molar-refractivity contribution >= 4 is 5.91 Å². The van der Waals surface area contributed by atoms with Crippen molar-refractivity contribution in [2.75, 3.05) is 47.1 Å². The predicted molar refractivity (Wildman–Crippen MR) is 79.7 cm³/mol. The van der Waals surface area contributed by atoms with E-state index < -0.39 is 0 Å². The van der Waals surface area contributed by atoms with Crippen LogP contribution in [-0.4, -0.2) is 63.9 Å². The van der Waals surface area contributed by atoms with Gasteiger partial charge in [0.1, 0.15) is 0 Å². The Morgan fingerprint density at radius 2 is 2.00 bits per heavy atom. The Labute approximate surface area is 123 Å². The number of carbonyl (C=O) groups excluding carboxylic acids is 1. The molecule has 1 aliphatic heterocycles. The van der Waals surface area contributed by atoms with Gasteiger partial charge in [-0.1, -0.05) is 13.8 Å². The Bertz CT molecular complexity index is 301. The third-order valence-corrected chi connectivity index (χ3v) is 4.46. The van der Waals surface area contributed by atoms with Crippen LogP contribution in [0.2, 0.25) is 0 Å². The lowest BCUT2D eigenvalue weighted by molar-refractivity contribution is -0.147. The van der Waals surface area contributed by atoms with Gasteiger partial charge in [-0.15, -0.1) is 0 Å². The molecule has 0 aromatic carbocycles. The third-order valence-electron chi connectivity index (χ3n) is 4.46. The third kappa shape index (κ3) is 3.71. The van der Waals surface area contributed by atoms with Crippen molar-refractivity contribution in [1.82, 2.24) is 10.2 Å². The summed E-state index contributed by atoms with van der Waals surface area (Å²) < 4.78 is 10.4. The number of methoxy groups -OCH3 is 2. The van der Waals surface area contributed by atoms with Crippen LogP contribution in [0, 0.1) is 11.3 Å². The zero-order chi connectivity index (χ0) is 15.2. The summed E-state index contributed by atoms with van der Waals surface area (Å²) in [4.78, 5) is 15.0. The second-order valence-electron chi connectivity index (χ2n) is 6.03. The summed E-state index contributed by atoms with van der Waals surface area (Å²) in [6.45, 7) is 9.73. The van der Waals surface area contributed by atoms with Crippen molar-refractivity contribution in [2.24, 2.45) is 11.3 Å². The zero-order valence-corrected chi connectivity index (χ0v) is 13.6. The molecule has 1 aliphatic rings. The largest absolute Gasteiger partial charge is 0.383 e. The molecular weight excluding hydrogens is 256 g/mol. The SMILES string of the molecule is COCCN(C(=O)C1(C(C)C)CCNC1)C(C)COC. The molecule has 0 saturated carbocycles. The molecule has 0 aromatic rings. The maximum absolute atomic E-state index is 13.1. The molecule has 1 amide bonds. The standard InChI is InChI=1S/C15H30N2O3/c1-12(2)15(6-7-16-11-15)14(18)17(8-9-19-4)13(3)10-20-5/h12-13,16H,6-11H2,1-5H3. The number of nitrogens with one attached hydrogen (secondary N) is 1. The molecule has 1 rings (SSSR count). The first-order valence-electron chi connectivity index (χ1n) is 7.49. The minimum atomic E-state index is -0.282. The molecule has 2 unspecified atom stereocenters. The van der Waals surface area contributed by atoms with Crippen LogP contribution in [0.25, 0.3) is 0 Å². The summed E-state index contributed by atoms with van der Waals surface area (Å²) >= 11 is 0. The summed E-state index contributed by atoms with van der Waals surface area (Å²) in [5.74, 6) is 0.559. The van der Waals surface area contributed by atoms with Crippen LogP contribution in [0.15, 0.2) is 0 Å². The van der Waals surface area contributed by atoms with E-state index in [1.54, 1.807) is 14.2 Å². The van der Waals surface area contributed by atoms with Gasteiger partial charge in [-0.25, -0.2) is 0 Å². The second kappa shape index (κ2) is 7.96. The molecule has 0 spiro atoms. The lowest BCUT2D eigenvalue weighted by Gasteiger charge is -2.39. The molecule has 0 radical (unpaired) electrons. The molecule has 0 aromatic heterocycles. The van der Waals surface area contributed by atoms with Gasteiger partial charge in [0.15, 0.2) is 0 Å². The maximum atomic E-state index is 13.1. The van der Waals surface area contributed by atoms with E-state index in [9.17, 15) is 4.79 Å². The quantitative estimate of drug-likeness (QED) is 0.727. The highest BCUT2D eigenvalue weighted by molar-refractivity contribution is 5.84. The molecule has 118 valence electrons. The maximum Gasteiger partial charge on any atom is 0.230 e. The summed E-state index contributed by atoms with van der Waals surface area (Å²) in [6, 6.07) is 0.0684. The minimum absolute atomic E-state index is 0.0684. The molecule has 20 heavy (non-hydrogen) atoms. The number of ether oxygens (including phenoxy) is 2. The number of amides is 1. The van der Waals surface area contributed by atoms with Crippen molar-refractivity contribution in [1.29, 1.82) is 0 Å². The first-order valence-corrected chi connectivity index (χ1v) is 7.49. The van der Waals surface area contributed by atoms with Crippen molar-refractivity contribution in [3.63, 3.8) is 0 Å². The van der Waals surface area contributed by atoms with Crippen LogP contribution >= 0.6 is 0 Å². The van der Waals surface area contributed by atoms with Gasteiger partial charge in [-0.05, 0) is 25.8 Å². The highest BCUT2D eigenvalue weighted by Gasteiger charge is 2.46. The lowest BCUT2D eigenvalue weighted by atomic mass is 9.75. The summed E-state index contributed by atoms with van der Waals surface area (Å²) in [6.07, 6.45) is 0.909. The van der Waals surface area contributed by atoms with E-state index in [2.05, 4.69) is 19.2 Å². The van der Waals surface area contributed by atoms with E-state index in [0.29, 0.717) is 25.7 Å². The number of carbonyl (C=O) groups is 1. The normalized spacial score (nSPS) is 24.1. The van der Waals surface area contributed by atoms with Crippen molar-refractivity contribution < 1.29 is 14.3 Å². The minimum Gasteiger partial charge on any atom is -0.383 e. The molecule has 5 nitrogen and oxygen atoms in total. The van der Waals surface area contributed by atoms with Crippen molar-refractivity contribution in [2.45, 2.75) is 33.2 Å². The highest BCUT2D eigenvalue weighted by atomic mass is 16.5. The van der Waals surface area contributed by atoms with E-state index >= 15 is 0 Å². The summed E-state index contributed by atoms with van der Waals surface area (Å²) in [5.41, 5.74) is -0.282. The molecule has 1 N–H and O–H groups in total. The molecule has 1 heterocycles. The molecule has 0 bridgehead atoms. The molecule has 1 fully saturated rings. The number of hydrogen-bond donors (Lipinski definition) is 1. The van der Waals surface area contributed by atoms with Crippen LogP contribution < -0.4 is 5.32 Å². The Balaban J connectivity index is 2.89. The van der Waals surface area contributed by atoms with E-state index in [-0.39, 0.29) is 17.4 Å². The Morgan fingerprint density at radius 3 is 2.45 bits per heavy atom. The number of hydrogen-bond acceptors (Lipinski definition) is 4. The highest BCUT2D eigenvalue weighted by Crippen LogP contribution is 2.36. The smallest absolute Gasteiger partial charge is 0.230 e. The molecular formula is C15H30N2O3. The monoisotopic (exact) mass is 286 g/mol. The van der Waals surface area contributed by atoms with Crippen molar-refractivity contribution in [3.8, 4) is 0 Å². The number of rotatable bonds is 8. The summed E-state index contributed by atoms with van der Waals surface area (Å²) in [5, 5.41) is 3.35. The van der Waals surface area contributed by atoms with Gasteiger partial charge in [0.2, 0.25) is 5.91 Å². The zero-order valence-electron chi connectivity index (χ0n) is 13.6. The molecule has 5 heteroatoms. The first-order chi connectivity index (χ1) is 9.49. The van der Waals surface area contributed by atoms with Gasteiger partial charge in [0.25, 0.3) is 0 Å². The van der Waals surface area contributed by atoms with Gasteiger partial charge in [0, 0.05) is 27.3 Å². The summed E-state index contributed by atoms with van der Waals surface area (Å²) in [7, 11) is 3.34. The average Bonchev–Trinajstić information content (AvgIpc) is 2.90.